The Hall–Kier alpha value is -0.870. The lowest BCUT2D eigenvalue weighted by Crippen LogP contribution is -2.39. The molecule has 0 radical (unpaired) electrons. The van der Waals surface area contributed by atoms with Crippen molar-refractivity contribution in [2.45, 2.75) is 45.1 Å². The van der Waals surface area contributed by atoms with Gasteiger partial charge in [0.05, 0.1) is 17.5 Å². The van der Waals surface area contributed by atoms with Gasteiger partial charge < -0.3 is 10.0 Å². The zero-order valence-corrected chi connectivity index (χ0v) is 12.2. The van der Waals surface area contributed by atoms with Crippen LogP contribution in [0, 0.1) is 5.92 Å². The van der Waals surface area contributed by atoms with E-state index in [9.17, 15) is 9.90 Å². The Bertz CT molecular complexity index is 459. The van der Waals surface area contributed by atoms with Crippen LogP contribution in [-0.4, -0.2) is 35.1 Å². The number of hydrogen-bond acceptors (Lipinski definition) is 3. The Morgan fingerprint density at radius 3 is 3.00 bits per heavy atom. The second-order valence-corrected chi connectivity index (χ2v) is 6.92. The lowest BCUT2D eigenvalue weighted by atomic mass is 9.99. The van der Waals surface area contributed by atoms with Crippen LogP contribution in [0.2, 0.25) is 0 Å². The third-order valence-corrected chi connectivity index (χ3v) is 5.76. The number of hydrogen-bond donors (Lipinski definition) is 1. The van der Waals surface area contributed by atoms with Crippen molar-refractivity contribution in [1.82, 2.24) is 4.90 Å². The molecule has 19 heavy (non-hydrogen) atoms. The van der Waals surface area contributed by atoms with Crippen LogP contribution in [0.3, 0.4) is 0 Å². The maximum atomic E-state index is 12.6. The van der Waals surface area contributed by atoms with Crippen molar-refractivity contribution in [1.29, 1.82) is 0 Å². The van der Waals surface area contributed by atoms with Crippen LogP contribution >= 0.6 is 11.3 Å². The van der Waals surface area contributed by atoms with Gasteiger partial charge in [0.15, 0.2) is 0 Å². The van der Waals surface area contributed by atoms with Crippen molar-refractivity contribution in [3.63, 3.8) is 0 Å². The van der Waals surface area contributed by atoms with Gasteiger partial charge in [-0.2, -0.15) is 0 Å². The smallest absolute Gasteiger partial charge is 0.264 e. The molecule has 2 heterocycles. The molecule has 104 valence electrons. The number of thiophene rings is 1. The zero-order chi connectivity index (χ0) is 13.4. The van der Waals surface area contributed by atoms with Crippen LogP contribution in [0.1, 0.15) is 46.3 Å². The van der Waals surface area contributed by atoms with E-state index in [1.807, 2.05) is 4.90 Å². The van der Waals surface area contributed by atoms with Gasteiger partial charge in [-0.1, -0.05) is 6.92 Å². The van der Waals surface area contributed by atoms with Crippen molar-refractivity contribution < 1.29 is 9.90 Å². The number of amides is 1. The van der Waals surface area contributed by atoms with Gasteiger partial charge in [-0.25, -0.2) is 0 Å². The van der Waals surface area contributed by atoms with E-state index in [4.69, 9.17) is 0 Å². The molecule has 1 aromatic heterocycles. The van der Waals surface area contributed by atoms with Crippen LogP contribution in [0.4, 0.5) is 0 Å². The summed E-state index contributed by atoms with van der Waals surface area (Å²) in [4.78, 5) is 16.8. The number of carbonyl (C=O) groups is 1. The summed E-state index contributed by atoms with van der Waals surface area (Å²) in [6.45, 7) is 2.99. The predicted octanol–water partition coefficient (Wildman–Crippen LogP) is 2.47. The largest absolute Gasteiger partial charge is 0.394 e. The second-order valence-electron chi connectivity index (χ2n) is 5.78. The number of carbonyl (C=O) groups excluding carboxylic acids is 1. The van der Waals surface area contributed by atoms with E-state index in [1.54, 1.807) is 11.3 Å². The highest BCUT2D eigenvalue weighted by Gasteiger charge is 2.35. The number of fused-ring (bicyclic) bond motifs is 1. The monoisotopic (exact) mass is 279 g/mol. The summed E-state index contributed by atoms with van der Waals surface area (Å²) in [5.41, 5.74) is 1.38. The highest BCUT2D eigenvalue weighted by Crippen LogP contribution is 2.32. The van der Waals surface area contributed by atoms with Crippen LogP contribution in [0.25, 0.3) is 0 Å². The molecule has 3 nitrogen and oxygen atoms in total. The number of nitrogens with zero attached hydrogens (tertiary/aromatic N) is 1. The highest BCUT2D eigenvalue weighted by molar-refractivity contribution is 7.14. The quantitative estimate of drug-likeness (QED) is 0.903. The molecule has 3 rings (SSSR count). The molecule has 1 N–H and O–H groups in total. The zero-order valence-electron chi connectivity index (χ0n) is 11.4. The van der Waals surface area contributed by atoms with Crippen molar-refractivity contribution >= 4 is 17.2 Å². The molecule has 1 aromatic rings. The average Bonchev–Trinajstić information content (AvgIpc) is 3.00. The molecule has 1 saturated heterocycles. The first kappa shape index (κ1) is 13.1. The van der Waals surface area contributed by atoms with E-state index >= 15 is 0 Å². The first-order chi connectivity index (χ1) is 9.20. The van der Waals surface area contributed by atoms with E-state index < -0.39 is 0 Å². The fraction of sp³-hybridized carbons (Fsp3) is 0.667. The van der Waals surface area contributed by atoms with Gasteiger partial charge in [0.1, 0.15) is 0 Å². The fourth-order valence-corrected chi connectivity index (χ4v) is 4.49. The van der Waals surface area contributed by atoms with Crippen LogP contribution in [0.5, 0.6) is 0 Å². The van der Waals surface area contributed by atoms with Gasteiger partial charge in [0.25, 0.3) is 5.91 Å². The number of aliphatic hydroxyl groups is 1. The van der Waals surface area contributed by atoms with Crippen molar-refractivity contribution in [2.75, 3.05) is 13.2 Å². The summed E-state index contributed by atoms with van der Waals surface area (Å²) in [6.07, 6.45) is 5.76. The summed E-state index contributed by atoms with van der Waals surface area (Å²) in [7, 11) is 0. The number of rotatable bonds is 2. The molecule has 0 aromatic carbocycles. The molecule has 4 heteroatoms. The predicted molar refractivity (Wildman–Crippen MR) is 76.7 cm³/mol. The summed E-state index contributed by atoms with van der Waals surface area (Å²) < 4.78 is 0. The Morgan fingerprint density at radius 2 is 2.26 bits per heavy atom. The van der Waals surface area contributed by atoms with Gasteiger partial charge in [-0.05, 0) is 49.7 Å². The SMILES string of the molecule is CC1CCN(C(=O)c2cc3c(s2)CCCC3)C1CO. The van der Waals surface area contributed by atoms with Gasteiger partial charge >= 0.3 is 0 Å². The topological polar surface area (TPSA) is 40.5 Å². The molecule has 1 fully saturated rings. The average molecular weight is 279 g/mol. The van der Waals surface area contributed by atoms with Crippen molar-refractivity contribution in [2.24, 2.45) is 5.92 Å². The van der Waals surface area contributed by atoms with Gasteiger partial charge in [0.2, 0.25) is 0 Å². The number of aliphatic hydroxyl groups excluding tert-OH is 1. The van der Waals surface area contributed by atoms with Gasteiger partial charge in [0, 0.05) is 11.4 Å². The number of likely N-dealkylation sites (tertiary alicyclic amines) is 1. The molecule has 2 aliphatic rings. The molecule has 1 aliphatic carbocycles. The molecule has 2 unspecified atom stereocenters. The molecule has 1 aliphatic heterocycles. The minimum absolute atomic E-state index is 0.00614. The minimum atomic E-state index is 0.00614. The Kier molecular flexibility index (Phi) is 3.63. The minimum Gasteiger partial charge on any atom is -0.394 e. The fourth-order valence-electron chi connectivity index (χ4n) is 3.28. The molecule has 1 amide bonds. The van der Waals surface area contributed by atoms with E-state index in [0.29, 0.717) is 5.92 Å². The standard InChI is InChI=1S/C15H21NO2S/c1-10-6-7-16(12(10)9-17)15(18)14-8-11-4-2-3-5-13(11)19-14/h8,10,12,17H,2-7,9H2,1H3. The molecular formula is C15H21NO2S. The van der Waals surface area contributed by atoms with Crippen LogP contribution in [0.15, 0.2) is 6.07 Å². The lowest BCUT2D eigenvalue weighted by molar-refractivity contribution is 0.0653. The summed E-state index contributed by atoms with van der Waals surface area (Å²) in [6, 6.07) is 2.10. The van der Waals surface area contributed by atoms with Gasteiger partial charge in [-0.15, -0.1) is 11.3 Å². The molecular weight excluding hydrogens is 258 g/mol. The van der Waals surface area contributed by atoms with Crippen molar-refractivity contribution in [3.05, 3.63) is 21.4 Å². The number of aryl methyl sites for hydroxylation is 2. The molecule has 0 bridgehead atoms. The van der Waals surface area contributed by atoms with E-state index in [1.165, 1.54) is 23.3 Å². The summed E-state index contributed by atoms with van der Waals surface area (Å²) in [5, 5.41) is 9.47. The summed E-state index contributed by atoms with van der Waals surface area (Å²) in [5.74, 6) is 0.534. The third-order valence-electron chi connectivity index (χ3n) is 4.54. The maximum Gasteiger partial charge on any atom is 0.264 e. The second kappa shape index (κ2) is 5.25. The molecule has 0 spiro atoms. The van der Waals surface area contributed by atoms with Crippen LogP contribution < -0.4 is 0 Å². The molecule has 0 saturated carbocycles. The van der Waals surface area contributed by atoms with Crippen molar-refractivity contribution in [3.8, 4) is 0 Å². The van der Waals surface area contributed by atoms with E-state index in [2.05, 4.69) is 13.0 Å². The first-order valence-corrected chi connectivity index (χ1v) is 8.05. The maximum absolute atomic E-state index is 12.6. The normalized spacial score (nSPS) is 26.5. The van der Waals surface area contributed by atoms with Gasteiger partial charge in [-0.3, -0.25) is 4.79 Å². The Labute approximate surface area is 118 Å². The Morgan fingerprint density at radius 1 is 1.47 bits per heavy atom. The Balaban J connectivity index is 1.82. The highest BCUT2D eigenvalue weighted by atomic mass is 32.1. The summed E-state index contributed by atoms with van der Waals surface area (Å²) >= 11 is 1.67. The van der Waals surface area contributed by atoms with Crippen LogP contribution in [-0.2, 0) is 12.8 Å². The van der Waals surface area contributed by atoms with E-state index in [0.717, 1.165) is 30.7 Å². The van der Waals surface area contributed by atoms with E-state index in [-0.39, 0.29) is 18.6 Å². The first-order valence-electron chi connectivity index (χ1n) is 7.24. The lowest BCUT2D eigenvalue weighted by Gasteiger charge is -2.24. The third kappa shape index (κ3) is 2.32. The molecule has 2 atom stereocenters.